The molecule has 0 spiro atoms. The van der Waals surface area contributed by atoms with Gasteiger partial charge in [0.25, 0.3) is 0 Å². The fourth-order valence-corrected chi connectivity index (χ4v) is 1.98. The number of allylic oxidation sites excluding steroid dienone is 3. The molecule has 2 atom stereocenters. The number of rotatable bonds is 3. The van der Waals surface area contributed by atoms with Crippen LogP contribution in [0.5, 0.6) is 0 Å². The Morgan fingerprint density at radius 3 is 2.77 bits per heavy atom. The predicted molar refractivity (Wildman–Crippen MR) is 59.7 cm³/mol. The lowest BCUT2D eigenvalue weighted by Gasteiger charge is -2.31. The molecular weight excluding hydrogens is 156 g/mol. The Labute approximate surface area is 82.7 Å². The predicted octanol–water partition coefficient (Wildman–Crippen LogP) is 4.34. The molecule has 0 aliphatic heterocycles. The minimum atomic E-state index is 0.402. The van der Waals surface area contributed by atoms with Crippen LogP contribution in [0, 0.1) is 11.3 Å². The summed E-state index contributed by atoms with van der Waals surface area (Å²) in [7, 11) is 0. The van der Waals surface area contributed by atoms with Gasteiger partial charge in [0.1, 0.15) is 0 Å². The molecule has 13 heavy (non-hydrogen) atoms. The largest absolute Gasteiger partial charge is 0.0998 e. The highest BCUT2D eigenvalue weighted by Crippen LogP contribution is 2.38. The maximum atomic E-state index is 4.10. The van der Waals surface area contributed by atoms with Gasteiger partial charge in [-0.05, 0) is 37.0 Å². The minimum Gasteiger partial charge on any atom is -0.0998 e. The first-order chi connectivity index (χ1) is 6.06. The Balaban J connectivity index is 2.57. The monoisotopic (exact) mass is 178 g/mol. The van der Waals surface area contributed by atoms with Gasteiger partial charge in [0.15, 0.2) is 0 Å². The van der Waals surface area contributed by atoms with Gasteiger partial charge in [-0.25, -0.2) is 0 Å². The summed E-state index contributed by atoms with van der Waals surface area (Å²) in [4.78, 5) is 0. The van der Waals surface area contributed by atoms with Crippen molar-refractivity contribution in [1.82, 2.24) is 0 Å². The second kappa shape index (κ2) is 4.13. The smallest absolute Gasteiger partial charge is 0.0109 e. The third kappa shape index (κ3) is 3.02. The van der Waals surface area contributed by atoms with E-state index < -0.39 is 0 Å². The van der Waals surface area contributed by atoms with Crippen LogP contribution >= 0.6 is 0 Å². The van der Waals surface area contributed by atoms with Crippen molar-refractivity contribution in [2.24, 2.45) is 11.3 Å². The quantitative estimate of drug-likeness (QED) is 0.564. The van der Waals surface area contributed by atoms with Crippen LogP contribution in [0.2, 0.25) is 0 Å². The van der Waals surface area contributed by atoms with E-state index in [9.17, 15) is 0 Å². The third-order valence-electron chi connectivity index (χ3n) is 3.15. The van der Waals surface area contributed by atoms with Crippen molar-refractivity contribution >= 4 is 0 Å². The van der Waals surface area contributed by atoms with Crippen molar-refractivity contribution in [3.63, 3.8) is 0 Å². The second-order valence-corrected chi connectivity index (χ2v) is 4.81. The van der Waals surface area contributed by atoms with Crippen molar-refractivity contribution in [3.8, 4) is 0 Å². The van der Waals surface area contributed by atoms with Gasteiger partial charge < -0.3 is 0 Å². The molecule has 0 bridgehead atoms. The first kappa shape index (κ1) is 10.6. The molecule has 2 unspecified atom stereocenters. The zero-order valence-corrected chi connectivity index (χ0v) is 9.27. The lowest BCUT2D eigenvalue weighted by Crippen LogP contribution is -2.19. The molecule has 0 heteroatoms. The summed E-state index contributed by atoms with van der Waals surface area (Å²) >= 11 is 0. The summed E-state index contributed by atoms with van der Waals surface area (Å²) in [6.45, 7) is 10.9. The van der Waals surface area contributed by atoms with Crippen molar-refractivity contribution in [3.05, 3.63) is 24.3 Å². The van der Waals surface area contributed by atoms with Gasteiger partial charge in [0.05, 0.1) is 0 Å². The van der Waals surface area contributed by atoms with Crippen LogP contribution in [-0.2, 0) is 0 Å². The van der Waals surface area contributed by atoms with Gasteiger partial charge >= 0.3 is 0 Å². The van der Waals surface area contributed by atoms with Gasteiger partial charge in [-0.2, -0.15) is 0 Å². The van der Waals surface area contributed by atoms with Gasteiger partial charge in [-0.1, -0.05) is 45.1 Å². The van der Waals surface area contributed by atoms with Gasteiger partial charge in [0, 0.05) is 0 Å². The summed E-state index contributed by atoms with van der Waals surface area (Å²) in [5.41, 5.74) is 1.79. The van der Waals surface area contributed by atoms with Crippen LogP contribution in [0.3, 0.4) is 0 Å². The van der Waals surface area contributed by atoms with Gasteiger partial charge in [-0.3, -0.25) is 0 Å². The van der Waals surface area contributed by atoms with E-state index in [-0.39, 0.29) is 0 Å². The minimum absolute atomic E-state index is 0.402. The van der Waals surface area contributed by atoms with E-state index in [0.29, 0.717) is 5.41 Å². The zero-order valence-electron chi connectivity index (χ0n) is 9.27. The first-order valence-electron chi connectivity index (χ1n) is 5.42. The molecule has 1 aliphatic carbocycles. The van der Waals surface area contributed by atoms with Crippen molar-refractivity contribution in [1.29, 1.82) is 0 Å². The lowest BCUT2D eigenvalue weighted by molar-refractivity contribution is 0.332. The Morgan fingerprint density at radius 2 is 2.31 bits per heavy atom. The van der Waals surface area contributed by atoms with Crippen LogP contribution in [0.1, 0.15) is 46.5 Å². The molecule has 0 saturated heterocycles. The highest BCUT2D eigenvalue weighted by Gasteiger charge is 2.25. The van der Waals surface area contributed by atoms with E-state index in [1.807, 2.05) is 0 Å². The van der Waals surface area contributed by atoms with Gasteiger partial charge in [-0.15, -0.1) is 0 Å². The SMILES string of the molecule is C=C(CC)CC1(C)C=CC(C)CC1. The molecule has 0 nitrogen and oxygen atoms in total. The molecule has 0 amide bonds. The molecule has 0 aromatic carbocycles. The van der Waals surface area contributed by atoms with E-state index in [1.54, 1.807) is 0 Å². The van der Waals surface area contributed by atoms with E-state index in [1.165, 1.54) is 24.8 Å². The second-order valence-electron chi connectivity index (χ2n) is 4.81. The fourth-order valence-electron chi connectivity index (χ4n) is 1.98. The van der Waals surface area contributed by atoms with E-state index >= 15 is 0 Å². The number of hydrogen-bond donors (Lipinski definition) is 0. The van der Waals surface area contributed by atoms with Gasteiger partial charge in [0.2, 0.25) is 0 Å². The summed E-state index contributed by atoms with van der Waals surface area (Å²) < 4.78 is 0. The van der Waals surface area contributed by atoms with Crippen LogP contribution in [-0.4, -0.2) is 0 Å². The summed E-state index contributed by atoms with van der Waals surface area (Å²) in [5, 5.41) is 0. The first-order valence-corrected chi connectivity index (χ1v) is 5.42. The highest BCUT2D eigenvalue weighted by molar-refractivity contribution is 5.10. The molecular formula is C13H22. The molecule has 0 radical (unpaired) electrons. The summed E-state index contributed by atoms with van der Waals surface area (Å²) in [6, 6.07) is 0. The van der Waals surface area contributed by atoms with E-state index in [4.69, 9.17) is 0 Å². The Bertz CT molecular complexity index is 212. The normalized spacial score (nSPS) is 33.3. The maximum absolute atomic E-state index is 4.10. The van der Waals surface area contributed by atoms with Crippen LogP contribution in [0.25, 0.3) is 0 Å². The van der Waals surface area contributed by atoms with Crippen molar-refractivity contribution in [2.75, 3.05) is 0 Å². The van der Waals surface area contributed by atoms with E-state index in [0.717, 1.165) is 12.3 Å². The number of hydrogen-bond acceptors (Lipinski definition) is 0. The summed E-state index contributed by atoms with van der Waals surface area (Å²) in [5.74, 6) is 0.781. The average molecular weight is 178 g/mol. The maximum Gasteiger partial charge on any atom is -0.0109 e. The molecule has 1 rings (SSSR count). The fraction of sp³-hybridized carbons (Fsp3) is 0.692. The standard InChI is InChI=1S/C13H22/c1-5-11(2)10-13(4)8-6-12(3)7-9-13/h6,8,12H,2,5,7,9-10H2,1,3-4H3. The topological polar surface area (TPSA) is 0 Å². The molecule has 0 aromatic rings. The molecule has 0 N–H and O–H groups in total. The molecule has 0 saturated carbocycles. The van der Waals surface area contributed by atoms with Crippen LogP contribution < -0.4 is 0 Å². The highest BCUT2D eigenvalue weighted by atomic mass is 14.3. The molecule has 0 aromatic heterocycles. The Morgan fingerprint density at radius 1 is 1.62 bits per heavy atom. The van der Waals surface area contributed by atoms with Crippen molar-refractivity contribution in [2.45, 2.75) is 46.5 Å². The zero-order chi connectivity index (χ0) is 9.90. The van der Waals surface area contributed by atoms with Crippen molar-refractivity contribution < 1.29 is 0 Å². The molecule has 0 fully saturated rings. The molecule has 1 aliphatic rings. The lowest BCUT2D eigenvalue weighted by atomic mass is 9.74. The average Bonchev–Trinajstić information content (AvgIpc) is 2.10. The third-order valence-corrected chi connectivity index (χ3v) is 3.15. The van der Waals surface area contributed by atoms with Crippen LogP contribution in [0.4, 0.5) is 0 Å². The summed E-state index contributed by atoms with van der Waals surface area (Å²) in [6.07, 6.45) is 9.73. The Kier molecular flexibility index (Phi) is 3.35. The molecule has 0 heterocycles. The van der Waals surface area contributed by atoms with Crippen LogP contribution in [0.15, 0.2) is 24.3 Å². The molecule has 74 valence electrons. The van der Waals surface area contributed by atoms with E-state index in [2.05, 4.69) is 39.5 Å². The Hall–Kier alpha value is -0.520.